The molecule has 1 aromatic carbocycles. The normalized spacial score (nSPS) is 12.2. The van der Waals surface area contributed by atoms with Crippen LogP contribution in [-0.4, -0.2) is 28.6 Å². The summed E-state index contributed by atoms with van der Waals surface area (Å²) in [5, 5.41) is 9.54. The van der Waals surface area contributed by atoms with Crippen molar-refractivity contribution in [1.29, 1.82) is 5.26 Å². The van der Waals surface area contributed by atoms with E-state index in [1.807, 2.05) is 50.7 Å². The molecule has 1 rings (SSSR count). The summed E-state index contributed by atoms with van der Waals surface area (Å²) in [6.45, 7) is 7.40. The van der Waals surface area contributed by atoms with Crippen molar-refractivity contribution in [3.63, 3.8) is 0 Å². The number of allylic oxidation sites excluding steroid dienone is 1. The molecular formula is C18H26ClNO3SSi. The predicted molar refractivity (Wildman–Crippen MR) is 105 cm³/mol. The van der Waals surface area contributed by atoms with Crippen molar-refractivity contribution in [3.05, 3.63) is 39.9 Å². The maximum Gasteiger partial charge on any atom is 0.530 e. The number of hydrogen-bond acceptors (Lipinski definition) is 5. The van der Waals surface area contributed by atoms with Gasteiger partial charge in [0.25, 0.3) is 0 Å². The predicted octanol–water partition coefficient (Wildman–Crippen LogP) is 5.60. The van der Waals surface area contributed by atoms with Gasteiger partial charge in [0.05, 0.1) is 6.07 Å². The average Bonchev–Trinajstić information content (AvgIpc) is 2.58. The van der Waals surface area contributed by atoms with E-state index in [2.05, 4.69) is 6.07 Å². The maximum absolute atomic E-state index is 8.83. The van der Waals surface area contributed by atoms with Crippen molar-refractivity contribution in [2.24, 2.45) is 0 Å². The first-order valence-electron chi connectivity index (χ1n) is 8.53. The van der Waals surface area contributed by atoms with Gasteiger partial charge < -0.3 is 13.3 Å². The molecule has 0 saturated carbocycles. The van der Waals surface area contributed by atoms with Crippen LogP contribution < -0.4 is 0 Å². The average molecular weight is 400 g/mol. The van der Waals surface area contributed by atoms with Gasteiger partial charge in [-0.1, -0.05) is 23.4 Å². The molecule has 0 spiro atoms. The van der Waals surface area contributed by atoms with Crippen LogP contribution >= 0.6 is 23.4 Å². The van der Waals surface area contributed by atoms with Gasteiger partial charge in [-0.05, 0) is 68.5 Å². The van der Waals surface area contributed by atoms with Crippen LogP contribution in [0.2, 0.25) is 5.02 Å². The zero-order valence-corrected chi connectivity index (χ0v) is 17.7. The van der Waals surface area contributed by atoms with Gasteiger partial charge >= 0.3 is 8.80 Å². The molecule has 0 unspecified atom stereocenters. The highest BCUT2D eigenvalue weighted by Gasteiger charge is 2.38. The molecule has 4 nitrogen and oxygen atoms in total. The Labute approximate surface area is 161 Å². The Morgan fingerprint density at radius 2 is 1.68 bits per heavy atom. The SMILES string of the molecule is CCO[Si](C=C(CCCC#N)Sc1ccc(Cl)cc1)(OCC)OCC. The third kappa shape index (κ3) is 8.41. The van der Waals surface area contributed by atoms with Crippen LogP contribution in [-0.2, 0) is 13.3 Å². The lowest BCUT2D eigenvalue weighted by Crippen LogP contribution is -2.44. The molecular weight excluding hydrogens is 374 g/mol. The second-order valence-electron chi connectivity index (χ2n) is 5.08. The molecule has 0 heterocycles. The van der Waals surface area contributed by atoms with Crippen molar-refractivity contribution in [2.45, 2.75) is 44.9 Å². The van der Waals surface area contributed by atoms with Gasteiger partial charge in [0.1, 0.15) is 0 Å². The fourth-order valence-electron chi connectivity index (χ4n) is 2.20. The Kier molecular flexibility index (Phi) is 11.1. The van der Waals surface area contributed by atoms with Crippen LogP contribution in [0.3, 0.4) is 0 Å². The fraction of sp³-hybridized carbons (Fsp3) is 0.500. The van der Waals surface area contributed by atoms with Gasteiger partial charge in [-0.15, -0.1) is 0 Å². The van der Waals surface area contributed by atoms with E-state index in [9.17, 15) is 0 Å². The number of nitriles is 1. The number of thioether (sulfide) groups is 1. The lowest BCUT2D eigenvalue weighted by molar-refractivity contribution is 0.0841. The van der Waals surface area contributed by atoms with Crippen LogP contribution in [0, 0.1) is 11.3 Å². The first-order valence-corrected chi connectivity index (χ1v) is 11.5. The number of benzene rings is 1. The number of rotatable bonds is 12. The molecule has 0 saturated heterocycles. The first-order chi connectivity index (χ1) is 12.1. The molecule has 138 valence electrons. The van der Waals surface area contributed by atoms with Gasteiger partial charge in [-0.3, -0.25) is 0 Å². The molecule has 0 aliphatic rings. The van der Waals surface area contributed by atoms with Gasteiger partial charge in [0.15, 0.2) is 0 Å². The summed E-state index contributed by atoms with van der Waals surface area (Å²) < 4.78 is 17.8. The van der Waals surface area contributed by atoms with Gasteiger partial charge in [0, 0.05) is 36.2 Å². The van der Waals surface area contributed by atoms with Crippen LogP contribution in [0.15, 0.2) is 39.8 Å². The zero-order valence-electron chi connectivity index (χ0n) is 15.1. The lowest BCUT2D eigenvalue weighted by Gasteiger charge is -2.26. The molecule has 7 heteroatoms. The Morgan fingerprint density at radius 1 is 1.12 bits per heavy atom. The Hall–Kier alpha value is -0.813. The summed E-state index contributed by atoms with van der Waals surface area (Å²) in [6, 6.07) is 9.90. The van der Waals surface area contributed by atoms with E-state index < -0.39 is 8.80 Å². The molecule has 0 aliphatic heterocycles. The lowest BCUT2D eigenvalue weighted by atomic mass is 10.2. The molecule has 0 fully saturated rings. The molecule has 1 aromatic rings. The molecule has 0 radical (unpaired) electrons. The second-order valence-corrected chi connectivity index (χ2v) is 9.08. The topological polar surface area (TPSA) is 51.5 Å². The van der Waals surface area contributed by atoms with Crippen molar-refractivity contribution in [1.82, 2.24) is 0 Å². The Bertz CT molecular complexity index is 558. The quantitative estimate of drug-likeness (QED) is 0.260. The molecule has 0 atom stereocenters. The van der Waals surface area contributed by atoms with Gasteiger partial charge in [-0.2, -0.15) is 5.26 Å². The first kappa shape index (κ1) is 22.2. The molecule has 0 N–H and O–H groups in total. The Balaban J connectivity index is 3.08. The van der Waals surface area contributed by atoms with Crippen LogP contribution in [0.5, 0.6) is 0 Å². The summed E-state index contributed by atoms with van der Waals surface area (Å²) in [5.41, 5.74) is 2.03. The molecule has 0 aromatic heterocycles. The number of unbranched alkanes of at least 4 members (excludes halogenated alkanes) is 1. The molecule has 25 heavy (non-hydrogen) atoms. The van der Waals surface area contributed by atoms with Crippen molar-refractivity contribution in [2.75, 3.05) is 19.8 Å². The largest absolute Gasteiger partial charge is 0.530 e. The summed E-state index contributed by atoms with van der Waals surface area (Å²) in [5.74, 6) is 0. The standard InChI is InChI=1S/C18H26ClNO3SSi/c1-4-21-25(22-5-2,23-6-3)15-18(9-7-8-14-20)24-17-12-10-16(19)11-13-17/h10-13,15H,4-9H2,1-3H3. The third-order valence-electron chi connectivity index (χ3n) is 3.15. The van der Waals surface area contributed by atoms with E-state index in [0.29, 0.717) is 31.3 Å². The number of nitrogens with zero attached hydrogens (tertiary/aromatic N) is 1. The van der Waals surface area contributed by atoms with E-state index in [0.717, 1.165) is 22.6 Å². The monoisotopic (exact) mass is 399 g/mol. The summed E-state index contributed by atoms with van der Waals surface area (Å²) in [7, 11) is -2.88. The summed E-state index contributed by atoms with van der Waals surface area (Å²) >= 11 is 7.61. The smallest absolute Gasteiger partial charge is 0.371 e. The summed E-state index contributed by atoms with van der Waals surface area (Å²) in [4.78, 5) is 2.18. The van der Waals surface area contributed by atoms with Gasteiger partial charge in [-0.25, -0.2) is 0 Å². The minimum Gasteiger partial charge on any atom is -0.371 e. The van der Waals surface area contributed by atoms with E-state index in [4.69, 9.17) is 30.1 Å². The van der Waals surface area contributed by atoms with Crippen LogP contribution in [0.25, 0.3) is 0 Å². The van der Waals surface area contributed by atoms with E-state index in [-0.39, 0.29) is 0 Å². The maximum atomic E-state index is 8.83. The Morgan fingerprint density at radius 3 is 2.16 bits per heavy atom. The fourth-order valence-corrected chi connectivity index (χ4v) is 6.06. The number of hydrogen-bond donors (Lipinski definition) is 0. The van der Waals surface area contributed by atoms with Crippen LogP contribution in [0.1, 0.15) is 40.0 Å². The molecule has 0 amide bonds. The summed E-state index contributed by atoms with van der Waals surface area (Å²) in [6.07, 6.45) is 2.09. The van der Waals surface area contributed by atoms with E-state index in [1.54, 1.807) is 11.8 Å². The second kappa shape index (κ2) is 12.5. The minimum atomic E-state index is -2.88. The van der Waals surface area contributed by atoms with E-state index >= 15 is 0 Å². The number of halogens is 1. The van der Waals surface area contributed by atoms with Crippen molar-refractivity contribution >= 4 is 32.2 Å². The van der Waals surface area contributed by atoms with Crippen molar-refractivity contribution < 1.29 is 13.3 Å². The van der Waals surface area contributed by atoms with Gasteiger partial charge in [0.2, 0.25) is 0 Å². The van der Waals surface area contributed by atoms with Crippen LogP contribution in [0.4, 0.5) is 0 Å². The minimum absolute atomic E-state index is 0.519. The zero-order chi connectivity index (χ0) is 18.5. The molecule has 0 aliphatic carbocycles. The highest BCUT2D eigenvalue weighted by Crippen LogP contribution is 2.33. The third-order valence-corrected chi connectivity index (χ3v) is 7.48. The highest BCUT2D eigenvalue weighted by molar-refractivity contribution is 8.03. The molecule has 0 bridgehead atoms. The van der Waals surface area contributed by atoms with E-state index in [1.165, 1.54) is 0 Å². The highest BCUT2D eigenvalue weighted by atomic mass is 35.5. The van der Waals surface area contributed by atoms with Crippen molar-refractivity contribution in [3.8, 4) is 6.07 Å².